The molecule has 0 spiro atoms. The molecule has 1 unspecified atom stereocenters. The van der Waals surface area contributed by atoms with Gasteiger partial charge in [-0.1, -0.05) is 24.3 Å². The van der Waals surface area contributed by atoms with E-state index in [-0.39, 0.29) is 5.91 Å². The third kappa shape index (κ3) is 3.97. The van der Waals surface area contributed by atoms with Crippen LogP contribution in [0.25, 0.3) is 10.8 Å². The van der Waals surface area contributed by atoms with Crippen molar-refractivity contribution in [2.45, 2.75) is 32.2 Å². The maximum absolute atomic E-state index is 13.0. The van der Waals surface area contributed by atoms with E-state index in [0.717, 1.165) is 27.5 Å². The molecule has 0 bridgehead atoms. The van der Waals surface area contributed by atoms with Crippen LogP contribution in [-0.4, -0.2) is 25.6 Å². The van der Waals surface area contributed by atoms with Crippen molar-refractivity contribution in [3.05, 3.63) is 64.6 Å². The van der Waals surface area contributed by atoms with Crippen LogP contribution in [-0.2, 0) is 0 Å². The molecule has 1 fully saturated rings. The van der Waals surface area contributed by atoms with Crippen LogP contribution in [0.3, 0.4) is 0 Å². The van der Waals surface area contributed by atoms with E-state index < -0.39 is 0 Å². The lowest BCUT2D eigenvalue weighted by atomic mass is 10.0. The Kier molecular flexibility index (Phi) is 5.76. The predicted molar refractivity (Wildman–Crippen MR) is 123 cm³/mol. The highest BCUT2D eigenvalue weighted by molar-refractivity contribution is 9.10. The van der Waals surface area contributed by atoms with Gasteiger partial charge in [-0.05, 0) is 83.2 Å². The minimum atomic E-state index is -0.188. The number of hydrogen-bond donors (Lipinski definition) is 1. The summed E-state index contributed by atoms with van der Waals surface area (Å²) in [5.41, 5.74) is 2.49. The summed E-state index contributed by atoms with van der Waals surface area (Å²) >= 11 is 3.60. The summed E-state index contributed by atoms with van der Waals surface area (Å²) in [6.45, 7) is 3.37. The zero-order valence-corrected chi connectivity index (χ0v) is 18.3. The highest BCUT2D eigenvalue weighted by Crippen LogP contribution is 2.37. The average molecular weight is 453 g/mol. The number of carbonyl (C=O) groups is 1. The van der Waals surface area contributed by atoms with E-state index in [1.807, 2.05) is 42.5 Å². The van der Waals surface area contributed by atoms with Crippen LogP contribution in [0.15, 0.2) is 59.1 Å². The fourth-order valence-corrected chi connectivity index (χ4v) is 4.81. The highest BCUT2D eigenvalue weighted by Gasteiger charge is 2.20. The molecular formula is C24H25BrN2O2. The summed E-state index contributed by atoms with van der Waals surface area (Å²) in [4.78, 5) is 15.4. The van der Waals surface area contributed by atoms with Crippen molar-refractivity contribution >= 4 is 44.0 Å². The molecule has 29 heavy (non-hydrogen) atoms. The van der Waals surface area contributed by atoms with E-state index in [1.54, 1.807) is 7.11 Å². The third-order valence-corrected chi connectivity index (χ3v) is 6.44. The maximum Gasteiger partial charge on any atom is 0.259 e. The second-order valence-electron chi connectivity index (χ2n) is 7.53. The van der Waals surface area contributed by atoms with Gasteiger partial charge >= 0.3 is 0 Å². The molecule has 0 aliphatic carbocycles. The fraction of sp³-hybridized carbons (Fsp3) is 0.292. The number of ether oxygens (including phenoxy) is 1. The molecule has 1 atom stereocenters. The van der Waals surface area contributed by atoms with Crippen molar-refractivity contribution in [3.8, 4) is 5.75 Å². The van der Waals surface area contributed by atoms with Gasteiger partial charge in [-0.15, -0.1) is 0 Å². The molecule has 4 nitrogen and oxygen atoms in total. The zero-order valence-electron chi connectivity index (χ0n) is 16.7. The lowest BCUT2D eigenvalue weighted by Gasteiger charge is -2.35. The Hall–Kier alpha value is -2.53. The summed E-state index contributed by atoms with van der Waals surface area (Å²) in [5, 5.41) is 5.01. The minimum Gasteiger partial charge on any atom is -0.495 e. The Morgan fingerprint density at radius 1 is 1.14 bits per heavy atom. The molecule has 1 saturated heterocycles. The molecule has 1 aliphatic heterocycles. The number of carbonyl (C=O) groups excluding carboxylic acids is 1. The van der Waals surface area contributed by atoms with E-state index in [1.165, 1.54) is 24.9 Å². The van der Waals surface area contributed by atoms with Gasteiger partial charge in [0.05, 0.1) is 17.1 Å². The summed E-state index contributed by atoms with van der Waals surface area (Å²) in [5.74, 6) is 0.354. The monoisotopic (exact) mass is 452 g/mol. The molecule has 0 saturated carbocycles. The Bertz CT molecular complexity index is 1030. The average Bonchev–Trinajstić information content (AvgIpc) is 2.75. The quantitative estimate of drug-likeness (QED) is 0.508. The van der Waals surface area contributed by atoms with E-state index in [0.29, 0.717) is 17.4 Å². The van der Waals surface area contributed by atoms with Crippen LogP contribution in [0.2, 0.25) is 0 Å². The van der Waals surface area contributed by atoms with Gasteiger partial charge < -0.3 is 15.0 Å². The molecule has 150 valence electrons. The second-order valence-corrected chi connectivity index (χ2v) is 8.32. The molecule has 5 heteroatoms. The van der Waals surface area contributed by atoms with Crippen molar-refractivity contribution in [3.63, 3.8) is 0 Å². The molecule has 3 aromatic rings. The fourth-order valence-electron chi connectivity index (χ4n) is 4.07. The number of hydrogen-bond acceptors (Lipinski definition) is 3. The SMILES string of the molecule is COc1c(C(=O)Nc2ccc(N3CCCCC3C)cc2)cc2ccccc2c1Br. The van der Waals surface area contributed by atoms with Gasteiger partial charge in [0.25, 0.3) is 5.91 Å². The van der Waals surface area contributed by atoms with Gasteiger partial charge in [-0.2, -0.15) is 0 Å². The first-order valence-corrected chi connectivity index (χ1v) is 10.8. The zero-order chi connectivity index (χ0) is 20.4. The number of methoxy groups -OCH3 is 1. The van der Waals surface area contributed by atoms with Crippen molar-refractivity contribution in [1.82, 2.24) is 0 Å². The van der Waals surface area contributed by atoms with Crippen molar-refractivity contribution in [2.24, 2.45) is 0 Å². The Morgan fingerprint density at radius 3 is 2.62 bits per heavy atom. The molecule has 0 radical (unpaired) electrons. The molecule has 0 aromatic heterocycles. The normalized spacial score (nSPS) is 16.7. The van der Waals surface area contributed by atoms with Crippen LogP contribution in [0, 0.1) is 0 Å². The van der Waals surface area contributed by atoms with E-state index in [2.05, 4.69) is 45.2 Å². The van der Waals surface area contributed by atoms with Crippen LogP contribution < -0.4 is 15.0 Å². The third-order valence-electron chi connectivity index (χ3n) is 5.65. The molecule has 4 rings (SSSR count). The van der Waals surface area contributed by atoms with Gasteiger partial charge in [0.2, 0.25) is 0 Å². The van der Waals surface area contributed by atoms with Crippen LogP contribution in [0.5, 0.6) is 5.75 Å². The Morgan fingerprint density at radius 2 is 1.90 bits per heavy atom. The van der Waals surface area contributed by atoms with Gasteiger partial charge in [-0.25, -0.2) is 0 Å². The summed E-state index contributed by atoms with van der Waals surface area (Å²) in [7, 11) is 1.58. The van der Waals surface area contributed by atoms with Crippen molar-refractivity contribution in [2.75, 3.05) is 23.9 Å². The number of anilines is 2. The van der Waals surface area contributed by atoms with E-state index in [4.69, 9.17) is 4.74 Å². The van der Waals surface area contributed by atoms with Crippen molar-refractivity contribution < 1.29 is 9.53 Å². The van der Waals surface area contributed by atoms with Crippen LogP contribution in [0.1, 0.15) is 36.5 Å². The highest BCUT2D eigenvalue weighted by atomic mass is 79.9. The molecule has 3 aromatic carbocycles. The Balaban J connectivity index is 1.58. The van der Waals surface area contributed by atoms with Crippen LogP contribution >= 0.6 is 15.9 Å². The second kappa shape index (κ2) is 8.46. The number of halogens is 1. The molecule has 1 N–H and O–H groups in total. The lowest BCUT2D eigenvalue weighted by molar-refractivity contribution is 0.102. The van der Waals surface area contributed by atoms with Gasteiger partial charge in [0, 0.05) is 24.0 Å². The van der Waals surface area contributed by atoms with Gasteiger partial charge in [0.15, 0.2) is 0 Å². The van der Waals surface area contributed by atoms with E-state index in [9.17, 15) is 4.79 Å². The topological polar surface area (TPSA) is 41.6 Å². The lowest BCUT2D eigenvalue weighted by Crippen LogP contribution is -2.37. The number of piperidine rings is 1. The predicted octanol–water partition coefficient (Wildman–Crippen LogP) is 6.24. The first-order valence-electron chi connectivity index (χ1n) is 10.0. The summed E-state index contributed by atoms with van der Waals surface area (Å²) < 4.78 is 6.33. The molecule has 1 heterocycles. The number of amides is 1. The summed E-state index contributed by atoms with van der Waals surface area (Å²) in [6.07, 6.45) is 3.77. The number of rotatable bonds is 4. The standard InChI is InChI=1S/C24H25BrN2O2/c1-16-7-5-6-14-27(16)19-12-10-18(11-13-19)26-24(28)21-15-17-8-3-4-9-20(17)22(25)23(21)29-2/h3-4,8-13,15-16H,5-7,14H2,1-2H3,(H,26,28). The maximum atomic E-state index is 13.0. The smallest absolute Gasteiger partial charge is 0.259 e. The Labute approximate surface area is 180 Å². The first kappa shape index (κ1) is 19.8. The molecule has 1 aliphatic rings. The number of nitrogens with zero attached hydrogens (tertiary/aromatic N) is 1. The van der Waals surface area contributed by atoms with Crippen molar-refractivity contribution in [1.29, 1.82) is 0 Å². The summed E-state index contributed by atoms with van der Waals surface area (Å²) in [6, 6.07) is 18.5. The minimum absolute atomic E-state index is 0.188. The largest absolute Gasteiger partial charge is 0.495 e. The van der Waals surface area contributed by atoms with Gasteiger partial charge in [0.1, 0.15) is 5.75 Å². The number of benzene rings is 3. The molecular weight excluding hydrogens is 428 g/mol. The number of fused-ring (bicyclic) bond motifs is 1. The van der Waals surface area contributed by atoms with E-state index >= 15 is 0 Å². The van der Waals surface area contributed by atoms with Gasteiger partial charge in [-0.3, -0.25) is 4.79 Å². The number of nitrogens with one attached hydrogen (secondary N) is 1. The first-order chi connectivity index (χ1) is 14.1. The van der Waals surface area contributed by atoms with Crippen LogP contribution in [0.4, 0.5) is 11.4 Å². The molecule has 1 amide bonds.